The van der Waals surface area contributed by atoms with Crippen molar-refractivity contribution in [3.05, 3.63) is 0 Å². The van der Waals surface area contributed by atoms with Gasteiger partial charge in [0.1, 0.15) is 12.2 Å². The van der Waals surface area contributed by atoms with Crippen LogP contribution in [0.4, 0.5) is 0 Å². The topological polar surface area (TPSA) is 105 Å². The highest BCUT2D eigenvalue weighted by molar-refractivity contribution is 5.86. The van der Waals surface area contributed by atoms with Crippen LogP contribution in [0, 0.1) is 34.5 Å². The Morgan fingerprint density at radius 3 is 2.37 bits per heavy atom. The largest absolute Gasteiger partial charge is 0.469 e. The number of rotatable bonds is 7. The quantitative estimate of drug-likeness (QED) is 0.453. The van der Waals surface area contributed by atoms with E-state index < -0.39 is 59.9 Å². The maximum atomic E-state index is 12.6. The second-order valence-corrected chi connectivity index (χ2v) is 10.2. The third kappa shape index (κ3) is 3.93. The smallest absolute Gasteiger partial charge is 0.344 e. The van der Waals surface area contributed by atoms with E-state index in [9.17, 15) is 19.2 Å². The Kier molecular flexibility index (Phi) is 5.91. The minimum Gasteiger partial charge on any atom is -0.469 e. The molecule has 168 valence electrons. The Morgan fingerprint density at radius 1 is 1.13 bits per heavy atom. The molecule has 0 aromatic heterocycles. The average Bonchev–Trinajstić information content (AvgIpc) is 3.27. The molecular weight excluding hydrogens is 392 g/mol. The molecule has 30 heavy (non-hydrogen) atoms. The number of carbonyl (C=O) groups is 4. The van der Waals surface area contributed by atoms with Crippen molar-refractivity contribution in [3.8, 4) is 0 Å². The van der Waals surface area contributed by atoms with Gasteiger partial charge in [0.25, 0.3) is 0 Å². The summed E-state index contributed by atoms with van der Waals surface area (Å²) in [7, 11) is 1.27. The van der Waals surface area contributed by atoms with Crippen LogP contribution in [-0.2, 0) is 38.1 Å². The van der Waals surface area contributed by atoms with Gasteiger partial charge in [-0.1, -0.05) is 27.7 Å². The third-order valence-electron chi connectivity index (χ3n) is 6.80. The summed E-state index contributed by atoms with van der Waals surface area (Å²) >= 11 is 0. The zero-order valence-corrected chi connectivity index (χ0v) is 18.6. The predicted molar refractivity (Wildman–Crippen MR) is 104 cm³/mol. The minimum absolute atomic E-state index is 0.0703. The monoisotopic (exact) mass is 424 g/mol. The van der Waals surface area contributed by atoms with Crippen molar-refractivity contribution in [1.82, 2.24) is 0 Å². The van der Waals surface area contributed by atoms with E-state index >= 15 is 0 Å². The average molecular weight is 424 g/mol. The first-order valence-corrected chi connectivity index (χ1v) is 10.6. The molecule has 2 bridgehead atoms. The predicted octanol–water partition coefficient (Wildman–Crippen LogP) is 2.27. The van der Waals surface area contributed by atoms with Crippen LogP contribution in [0.1, 0.15) is 53.9 Å². The summed E-state index contributed by atoms with van der Waals surface area (Å²) in [5.41, 5.74) is -0.770. The van der Waals surface area contributed by atoms with Gasteiger partial charge >= 0.3 is 23.9 Å². The molecule has 2 aliphatic carbocycles. The minimum atomic E-state index is -0.722. The van der Waals surface area contributed by atoms with Gasteiger partial charge in [0.15, 0.2) is 6.61 Å². The standard InChI is InChI=1S/C22H32O8/c1-7-22(5,10-21(2,3)4)20(26)28-9-13(23)29-16-11-8-12-15(14(11)18(24)27-6)19(25)30-17(12)16/h11-12,14-17H,7-10H2,1-6H3. The van der Waals surface area contributed by atoms with Crippen LogP contribution in [-0.4, -0.2) is 49.8 Å². The second kappa shape index (κ2) is 7.85. The molecule has 3 aliphatic rings. The summed E-state index contributed by atoms with van der Waals surface area (Å²) < 4.78 is 21.1. The lowest BCUT2D eigenvalue weighted by atomic mass is 9.73. The molecule has 0 aromatic carbocycles. The van der Waals surface area contributed by atoms with Gasteiger partial charge in [-0.3, -0.25) is 14.4 Å². The van der Waals surface area contributed by atoms with E-state index in [-0.39, 0.29) is 17.3 Å². The highest BCUT2D eigenvalue weighted by Gasteiger charge is 2.70. The number of carbonyl (C=O) groups excluding carboxylic acids is 4. The molecule has 0 amide bonds. The lowest BCUT2D eigenvalue weighted by molar-refractivity contribution is -0.175. The van der Waals surface area contributed by atoms with E-state index in [1.54, 1.807) is 0 Å². The molecule has 8 nitrogen and oxygen atoms in total. The van der Waals surface area contributed by atoms with E-state index in [4.69, 9.17) is 18.9 Å². The first-order valence-electron chi connectivity index (χ1n) is 10.6. The summed E-state index contributed by atoms with van der Waals surface area (Å²) in [6.07, 6.45) is 0.509. The zero-order chi connectivity index (χ0) is 22.4. The van der Waals surface area contributed by atoms with Gasteiger partial charge < -0.3 is 18.9 Å². The van der Waals surface area contributed by atoms with Gasteiger partial charge in [-0.15, -0.1) is 0 Å². The molecular formula is C22H32O8. The maximum Gasteiger partial charge on any atom is 0.344 e. The van der Waals surface area contributed by atoms with E-state index in [2.05, 4.69) is 0 Å². The second-order valence-electron chi connectivity index (χ2n) is 10.2. The Balaban J connectivity index is 1.61. The lowest BCUT2D eigenvalue weighted by Gasteiger charge is -2.33. The van der Waals surface area contributed by atoms with Gasteiger partial charge in [0, 0.05) is 11.8 Å². The molecule has 0 spiro atoms. The van der Waals surface area contributed by atoms with Crippen molar-refractivity contribution in [3.63, 3.8) is 0 Å². The van der Waals surface area contributed by atoms with Crippen molar-refractivity contribution >= 4 is 23.9 Å². The molecule has 1 saturated heterocycles. The van der Waals surface area contributed by atoms with Crippen LogP contribution < -0.4 is 0 Å². The first kappa shape index (κ1) is 22.6. The van der Waals surface area contributed by atoms with Gasteiger partial charge in [0.05, 0.1) is 24.4 Å². The fraction of sp³-hybridized carbons (Fsp3) is 0.818. The van der Waals surface area contributed by atoms with Crippen molar-refractivity contribution in [2.45, 2.75) is 66.1 Å². The number of ether oxygens (including phenoxy) is 4. The van der Waals surface area contributed by atoms with Gasteiger partial charge in [0.2, 0.25) is 0 Å². The summed E-state index contributed by atoms with van der Waals surface area (Å²) in [5, 5.41) is 0. The molecule has 3 fully saturated rings. The van der Waals surface area contributed by atoms with E-state index in [1.165, 1.54) is 7.11 Å². The van der Waals surface area contributed by atoms with Crippen molar-refractivity contribution in [2.24, 2.45) is 34.5 Å². The van der Waals surface area contributed by atoms with Gasteiger partial charge in [-0.2, -0.15) is 0 Å². The lowest BCUT2D eigenvalue weighted by Crippen LogP contribution is -2.44. The number of esters is 4. The summed E-state index contributed by atoms with van der Waals surface area (Å²) in [6, 6.07) is 0. The van der Waals surface area contributed by atoms with Gasteiger partial charge in [-0.25, -0.2) is 4.79 Å². The molecule has 0 aromatic rings. The van der Waals surface area contributed by atoms with Crippen molar-refractivity contribution < 1.29 is 38.1 Å². The number of hydrogen-bond donors (Lipinski definition) is 0. The van der Waals surface area contributed by atoms with Crippen LogP contribution in [0.5, 0.6) is 0 Å². The highest BCUT2D eigenvalue weighted by Crippen LogP contribution is 2.58. The highest BCUT2D eigenvalue weighted by atomic mass is 16.6. The van der Waals surface area contributed by atoms with E-state index in [0.717, 1.165) is 0 Å². The molecule has 7 atom stereocenters. The molecule has 3 rings (SSSR count). The van der Waals surface area contributed by atoms with Crippen LogP contribution in [0.25, 0.3) is 0 Å². The summed E-state index contributed by atoms with van der Waals surface area (Å²) in [4.78, 5) is 49.4. The van der Waals surface area contributed by atoms with Gasteiger partial charge in [-0.05, 0) is 31.6 Å². The zero-order valence-electron chi connectivity index (χ0n) is 18.6. The van der Waals surface area contributed by atoms with Crippen molar-refractivity contribution in [2.75, 3.05) is 13.7 Å². The maximum absolute atomic E-state index is 12.6. The molecule has 1 heterocycles. The number of methoxy groups -OCH3 is 1. The Bertz CT molecular complexity index is 738. The van der Waals surface area contributed by atoms with E-state index in [1.807, 2.05) is 34.6 Å². The van der Waals surface area contributed by atoms with Crippen LogP contribution in [0.3, 0.4) is 0 Å². The van der Waals surface area contributed by atoms with Crippen LogP contribution in [0.2, 0.25) is 0 Å². The number of hydrogen-bond acceptors (Lipinski definition) is 8. The third-order valence-corrected chi connectivity index (χ3v) is 6.80. The molecule has 0 N–H and O–H groups in total. The first-order chi connectivity index (χ1) is 13.9. The number of fused-ring (bicyclic) bond motifs is 1. The molecule has 7 unspecified atom stereocenters. The SMILES string of the molecule is CCC(C)(CC(C)(C)C)C(=O)OCC(=O)OC1C2CC3C1OC(=O)C3C2C(=O)OC. The Morgan fingerprint density at radius 2 is 1.80 bits per heavy atom. The molecule has 8 heteroatoms. The van der Waals surface area contributed by atoms with Crippen LogP contribution in [0.15, 0.2) is 0 Å². The summed E-state index contributed by atoms with van der Waals surface area (Å²) in [6.45, 7) is 9.38. The fourth-order valence-electron chi connectivity index (χ4n) is 5.60. The van der Waals surface area contributed by atoms with Crippen molar-refractivity contribution in [1.29, 1.82) is 0 Å². The molecule has 0 radical (unpaired) electrons. The van der Waals surface area contributed by atoms with Crippen LogP contribution >= 0.6 is 0 Å². The fourth-order valence-corrected chi connectivity index (χ4v) is 5.60. The normalized spacial score (nSPS) is 33.6. The molecule has 2 saturated carbocycles. The van der Waals surface area contributed by atoms with E-state index in [0.29, 0.717) is 19.3 Å². The Hall–Kier alpha value is -2.12. The Labute approximate surface area is 176 Å². The molecule has 1 aliphatic heterocycles. The summed E-state index contributed by atoms with van der Waals surface area (Å²) in [5.74, 6) is -3.74.